The maximum atomic E-state index is 12.5. The van der Waals surface area contributed by atoms with Gasteiger partial charge in [-0.2, -0.15) is 0 Å². The molecule has 0 aliphatic carbocycles. The molecule has 1 atom stereocenters. The first-order valence-electron chi connectivity index (χ1n) is 8.93. The van der Waals surface area contributed by atoms with E-state index in [1.165, 1.54) is 4.90 Å². The third-order valence-electron chi connectivity index (χ3n) is 4.96. The highest BCUT2D eigenvalue weighted by molar-refractivity contribution is 6.38. The molecule has 0 saturated carbocycles. The Bertz CT molecular complexity index is 624. The summed E-state index contributed by atoms with van der Waals surface area (Å²) in [4.78, 5) is 38.7. The number of ether oxygens (including phenoxy) is 1. The van der Waals surface area contributed by atoms with Crippen LogP contribution in [0.25, 0.3) is 0 Å². The monoisotopic (exact) mass is 345 g/mol. The van der Waals surface area contributed by atoms with Crippen LogP contribution in [0.1, 0.15) is 45.6 Å². The van der Waals surface area contributed by atoms with E-state index in [2.05, 4.69) is 0 Å². The van der Waals surface area contributed by atoms with Gasteiger partial charge in [-0.3, -0.25) is 9.59 Å². The Labute approximate surface area is 149 Å². The fraction of sp³-hybridized carbons (Fsp3) is 0.550. The van der Waals surface area contributed by atoms with Crippen molar-refractivity contribution in [1.29, 1.82) is 0 Å². The molecule has 0 bridgehead atoms. The van der Waals surface area contributed by atoms with Crippen molar-refractivity contribution in [3.05, 3.63) is 35.9 Å². The molecule has 136 valence electrons. The third kappa shape index (κ3) is 4.68. The Hall–Kier alpha value is -2.17. The van der Waals surface area contributed by atoms with Crippen LogP contribution in [-0.4, -0.2) is 41.8 Å². The maximum absolute atomic E-state index is 12.5. The number of Topliss-reactive ketones (excluding diaryl/α,β-unsaturated/α-hetero) is 1. The zero-order chi connectivity index (χ0) is 18.4. The van der Waals surface area contributed by atoms with Crippen LogP contribution in [0.3, 0.4) is 0 Å². The summed E-state index contributed by atoms with van der Waals surface area (Å²) in [7, 11) is 0. The van der Waals surface area contributed by atoms with Crippen LogP contribution in [0.5, 0.6) is 0 Å². The Balaban J connectivity index is 1.92. The van der Waals surface area contributed by atoms with Gasteiger partial charge in [-0.1, -0.05) is 51.1 Å². The predicted molar refractivity (Wildman–Crippen MR) is 94.9 cm³/mol. The summed E-state index contributed by atoms with van der Waals surface area (Å²) in [5.74, 6) is -1.41. The van der Waals surface area contributed by atoms with Crippen LogP contribution in [0.4, 0.5) is 0 Å². The van der Waals surface area contributed by atoms with E-state index in [9.17, 15) is 14.4 Å². The lowest BCUT2D eigenvalue weighted by Crippen LogP contribution is -2.48. The Kier molecular flexibility index (Phi) is 6.34. The topological polar surface area (TPSA) is 63.7 Å². The van der Waals surface area contributed by atoms with Crippen molar-refractivity contribution >= 4 is 17.7 Å². The molecule has 5 heteroatoms. The Morgan fingerprint density at radius 1 is 1.20 bits per heavy atom. The number of likely N-dealkylation sites (tertiary alicyclic amines) is 1. The summed E-state index contributed by atoms with van der Waals surface area (Å²) in [6.45, 7) is 6.11. The number of hydrogen-bond acceptors (Lipinski definition) is 4. The molecule has 1 aliphatic rings. The average molecular weight is 345 g/mol. The minimum absolute atomic E-state index is 0.274. The van der Waals surface area contributed by atoms with Crippen molar-refractivity contribution in [3.8, 4) is 0 Å². The molecule has 5 nitrogen and oxygen atoms in total. The van der Waals surface area contributed by atoms with Crippen LogP contribution in [0.2, 0.25) is 0 Å². The van der Waals surface area contributed by atoms with E-state index >= 15 is 0 Å². The highest BCUT2D eigenvalue weighted by Gasteiger charge is 2.41. The number of benzene rings is 1. The van der Waals surface area contributed by atoms with Gasteiger partial charge in [0, 0.05) is 18.4 Å². The van der Waals surface area contributed by atoms with Crippen LogP contribution in [0, 0.1) is 5.41 Å². The summed E-state index contributed by atoms with van der Waals surface area (Å²) in [6, 6.07) is 9.13. The number of amides is 1. The third-order valence-corrected chi connectivity index (χ3v) is 4.96. The molecule has 0 N–H and O–H groups in total. The van der Waals surface area contributed by atoms with Gasteiger partial charge in [0.25, 0.3) is 5.91 Å². The van der Waals surface area contributed by atoms with E-state index in [0.717, 1.165) is 5.56 Å². The van der Waals surface area contributed by atoms with Gasteiger partial charge in [0.05, 0.1) is 6.61 Å². The van der Waals surface area contributed by atoms with Gasteiger partial charge in [0.15, 0.2) is 0 Å². The standard InChI is InChI=1S/C20H27NO4/c1-4-20(2,3)17(22)18(23)21-13-8-11-16(21)19(24)25-14-12-15-9-6-5-7-10-15/h5-7,9-10,16H,4,8,11-14H2,1-3H3/t16-/m0/s1. The van der Waals surface area contributed by atoms with E-state index < -0.39 is 29.1 Å². The van der Waals surface area contributed by atoms with Gasteiger partial charge in [-0.25, -0.2) is 4.79 Å². The van der Waals surface area contributed by atoms with Crippen molar-refractivity contribution in [2.24, 2.45) is 5.41 Å². The molecule has 0 unspecified atom stereocenters. The van der Waals surface area contributed by atoms with E-state index in [-0.39, 0.29) is 6.61 Å². The van der Waals surface area contributed by atoms with Crippen LogP contribution in [-0.2, 0) is 25.5 Å². The van der Waals surface area contributed by atoms with E-state index in [4.69, 9.17) is 4.74 Å². The molecule has 1 fully saturated rings. The quantitative estimate of drug-likeness (QED) is 0.563. The van der Waals surface area contributed by atoms with Crippen molar-refractivity contribution in [1.82, 2.24) is 4.90 Å². The number of rotatable bonds is 7. The first kappa shape index (κ1) is 19.2. The number of ketones is 1. The zero-order valence-electron chi connectivity index (χ0n) is 15.3. The normalized spacial score (nSPS) is 17.4. The van der Waals surface area contributed by atoms with Gasteiger partial charge in [0.2, 0.25) is 5.78 Å². The maximum Gasteiger partial charge on any atom is 0.328 e. The molecule has 1 saturated heterocycles. The first-order chi connectivity index (χ1) is 11.9. The van der Waals surface area contributed by atoms with Crippen LogP contribution < -0.4 is 0 Å². The number of carbonyl (C=O) groups excluding carboxylic acids is 3. The summed E-state index contributed by atoms with van der Waals surface area (Å²) >= 11 is 0. The molecule has 25 heavy (non-hydrogen) atoms. The molecule has 1 amide bonds. The van der Waals surface area contributed by atoms with Gasteiger partial charge < -0.3 is 9.64 Å². The van der Waals surface area contributed by atoms with E-state index in [1.54, 1.807) is 13.8 Å². The van der Waals surface area contributed by atoms with Crippen molar-refractivity contribution in [2.75, 3.05) is 13.2 Å². The predicted octanol–water partition coefficient (Wildman–Crippen LogP) is 2.77. The molecule has 2 rings (SSSR count). The van der Waals surface area contributed by atoms with Gasteiger partial charge in [-0.15, -0.1) is 0 Å². The molecule has 1 aromatic carbocycles. The summed E-state index contributed by atoms with van der Waals surface area (Å²) in [6.07, 6.45) is 2.48. The molecule has 1 aliphatic heterocycles. The number of nitrogens with zero attached hydrogens (tertiary/aromatic N) is 1. The number of hydrogen-bond donors (Lipinski definition) is 0. The number of esters is 1. The Morgan fingerprint density at radius 2 is 1.88 bits per heavy atom. The van der Waals surface area contributed by atoms with Crippen LogP contribution in [0.15, 0.2) is 30.3 Å². The van der Waals surface area contributed by atoms with Gasteiger partial charge >= 0.3 is 5.97 Å². The van der Waals surface area contributed by atoms with E-state index in [0.29, 0.717) is 32.2 Å². The molecule has 1 heterocycles. The SMILES string of the molecule is CCC(C)(C)C(=O)C(=O)N1CCC[C@H]1C(=O)OCCc1ccccc1. The average Bonchev–Trinajstić information content (AvgIpc) is 3.11. The summed E-state index contributed by atoms with van der Waals surface area (Å²) in [5, 5.41) is 0. The molecule has 0 spiro atoms. The van der Waals surface area contributed by atoms with Crippen molar-refractivity contribution in [3.63, 3.8) is 0 Å². The lowest BCUT2D eigenvalue weighted by molar-refractivity contribution is -0.157. The highest BCUT2D eigenvalue weighted by atomic mass is 16.5. The fourth-order valence-electron chi connectivity index (χ4n) is 2.85. The largest absolute Gasteiger partial charge is 0.464 e. The van der Waals surface area contributed by atoms with Gasteiger partial charge in [-0.05, 0) is 24.8 Å². The second-order valence-corrected chi connectivity index (χ2v) is 7.13. The van der Waals surface area contributed by atoms with Crippen LogP contribution >= 0.6 is 0 Å². The highest BCUT2D eigenvalue weighted by Crippen LogP contribution is 2.26. The summed E-state index contributed by atoms with van der Waals surface area (Å²) in [5.41, 5.74) is 0.385. The van der Waals surface area contributed by atoms with Crippen molar-refractivity contribution < 1.29 is 19.1 Å². The van der Waals surface area contributed by atoms with Gasteiger partial charge in [0.1, 0.15) is 6.04 Å². The summed E-state index contributed by atoms with van der Waals surface area (Å²) < 4.78 is 5.36. The number of carbonyl (C=O) groups is 3. The van der Waals surface area contributed by atoms with Crippen molar-refractivity contribution in [2.45, 2.75) is 52.5 Å². The molecule has 0 radical (unpaired) electrons. The second kappa shape index (κ2) is 8.28. The lowest BCUT2D eigenvalue weighted by Gasteiger charge is -2.27. The minimum atomic E-state index is -0.707. The smallest absolute Gasteiger partial charge is 0.328 e. The molecule has 1 aromatic rings. The minimum Gasteiger partial charge on any atom is -0.464 e. The molecular formula is C20H27NO4. The second-order valence-electron chi connectivity index (χ2n) is 7.13. The van der Waals surface area contributed by atoms with E-state index in [1.807, 2.05) is 37.3 Å². The lowest BCUT2D eigenvalue weighted by atomic mass is 9.84. The Morgan fingerprint density at radius 3 is 2.52 bits per heavy atom. The zero-order valence-corrected chi connectivity index (χ0v) is 15.3. The molecular weight excluding hydrogens is 318 g/mol. The fourth-order valence-corrected chi connectivity index (χ4v) is 2.85. The first-order valence-corrected chi connectivity index (χ1v) is 8.93. The molecule has 0 aromatic heterocycles.